The maximum atomic E-state index is 4.93. The average Bonchev–Trinajstić information content (AvgIpc) is 3.08. The molecule has 2 saturated heterocycles. The number of nitrogens with one attached hydrogen (secondary N) is 1. The van der Waals surface area contributed by atoms with Gasteiger partial charge in [0.1, 0.15) is 0 Å². The number of rotatable bonds is 5. The lowest BCUT2D eigenvalue weighted by atomic mass is 10.1. The second kappa shape index (κ2) is 8.88. The molecule has 5 heteroatoms. The molecule has 3 aliphatic rings. The van der Waals surface area contributed by atoms with E-state index in [1.807, 2.05) is 0 Å². The van der Waals surface area contributed by atoms with Crippen LogP contribution in [0.2, 0.25) is 0 Å². The van der Waals surface area contributed by atoms with Crippen molar-refractivity contribution in [2.45, 2.75) is 52.4 Å². The van der Waals surface area contributed by atoms with Crippen molar-refractivity contribution < 1.29 is 0 Å². The minimum absolute atomic E-state index is 0. The number of guanidine groups is 1. The Balaban J connectivity index is 0.00000192. The zero-order valence-electron chi connectivity index (χ0n) is 15.0. The Bertz CT molecular complexity index is 388. The first kappa shape index (κ1) is 19.3. The standard InChI is InChI=1S/C18H34N4.HI/c1-3-19-17(20-15-18(2)8-9-18)22-12-7-16(14-22)13-21-10-5-4-6-11-21;/h16H,3-15H2,1-2H3,(H,19,20);1H. The van der Waals surface area contributed by atoms with Gasteiger partial charge in [0, 0.05) is 32.7 Å². The summed E-state index contributed by atoms with van der Waals surface area (Å²) in [4.78, 5) is 10.1. The molecular weight excluding hydrogens is 399 g/mol. The van der Waals surface area contributed by atoms with Gasteiger partial charge in [-0.15, -0.1) is 24.0 Å². The van der Waals surface area contributed by atoms with Crippen LogP contribution in [0.5, 0.6) is 0 Å². The number of piperidine rings is 1. The highest BCUT2D eigenvalue weighted by Crippen LogP contribution is 2.45. The zero-order chi connectivity index (χ0) is 15.4. The third-order valence-electron chi connectivity index (χ3n) is 5.60. The van der Waals surface area contributed by atoms with Gasteiger partial charge >= 0.3 is 0 Å². The Hall–Kier alpha value is -0.0400. The fourth-order valence-electron chi connectivity index (χ4n) is 3.74. The molecule has 2 heterocycles. The molecule has 0 aromatic carbocycles. The van der Waals surface area contributed by atoms with Gasteiger partial charge in [-0.05, 0) is 63.5 Å². The van der Waals surface area contributed by atoms with Crippen molar-refractivity contribution in [1.29, 1.82) is 0 Å². The van der Waals surface area contributed by atoms with Crippen molar-refractivity contribution in [1.82, 2.24) is 15.1 Å². The molecule has 0 aromatic rings. The first-order valence-corrected chi connectivity index (χ1v) is 9.44. The topological polar surface area (TPSA) is 30.9 Å². The van der Waals surface area contributed by atoms with Crippen LogP contribution >= 0.6 is 24.0 Å². The molecule has 0 radical (unpaired) electrons. The van der Waals surface area contributed by atoms with Crippen molar-refractivity contribution in [2.75, 3.05) is 45.8 Å². The molecule has 1 N–H and O–H groups in total. The Morgan fingerprint density at radius 2 is 1.91 bits per heavy atom. The fourth-order valence-corrected chi connectivity index (χ4v) is 3.74. The van der Waals surface area contributed by atoms with Gasteiger partial charge in [-0.25, -0.2) is 0 Å². The Kier molecular flexibility index (Phi) is 7.45. The smallest absolute Gasteiger partial charge is 0.193 e. The van der Waals surface area contributed by atoms with Crippen molar-refractivity contribution in [2.24, 2.45) is 16.3 Å². The Labute approximate surface area is 159 Å². The minimum atomic E-state index is 0. The molecule has 1 unspecified atom stereocenters. The van der Waals surface area contributed by atoms with Gasteiger partial charge in [-0.1, -0.05) is 13.3 Å². The predicted octanol–water partition coefficient (Wildman–Crippen LogP) is 3.18. The largest absolute Gasteiger partial charge is 0.357 e. The third-order valence-corrected chi connectivity index (χ3v) is 5.60. The maximum absolute atomic E-state index is 4.93. The van der Waals surface area contributed by atoms with Crippen LogP contribution in [0.15, 0.2) is 4.99 Å². The van der Waals surface area contributed by atoms with E-state index in [1.54, 1.807) is 0 Å². The first-order chi connectivity index (χ1) is 10.7. The number of hydrogen-bond donors (Lipinski definition) is 1. The first-order valence-electron chi connectivity index (χ1n) is 9.44. The van der Waals surface area contributed by atoms with Crippen molar-refractivity contribution in [3.63, 3.8) is 0 Å². The molecule has 3 fully saturated rings. The summed E-state index contributed by atoms with van der Waals surface area (Å²) in [6.07, 6.45) is 8.28. The molecule has 0 spiro atoms. The number of likely N-dealkylation sites (tertiary alicyclic amines) is 2. The highest BCUT2D eigenvalue weighted by Gasteiger charge is 2.37. The van der Waals surface area contributed by atoms with Crippen LogP contribution < -0.4 is 5.32 Å². The Morgan fingerprint density at radius 1 is 1.17 bits per heavy atom. The van der Waals surface area contributed by atoms with Crippen LogP contribution in [0, 0.1) is 11.3 Å². The third kappa shape index (κ3) is 5.76. The molecule has 0 bridgehead atoms. The SMILES string of the molecule is CCNC(=NCC1(C)CC1)N1CCC(CN2CCCCC2)C1.I. The van der Waals surface area contributed by atoms with E-state index in [2.05, 4.69) is 29.0 Å². The van der Waals surface area contributed by atoms with Gasteiger partial charge in [-0.2, -0.15) is 0 Å². The molecule has 1 saturated carbocycles. The quantitative estimate of drug-likeness (QED) is 0.410. The normalized spacial score (nSPS) is 27.7. The molecule has 1 aliphatic carbocycles. The van der Waals surface area contributed by atoms with Gasteiger partial charge in [0.25, 0.3) is 0 Å². The van der Waals surface area contributed by atoms with Crippen LogP contribution in [0.3, 0.4) is 0 Å². The van der Waals surface area contributed by atoms with Gasteiger partial charge in [0.2, 0.25) is 0 Å². The lowest BCUT2D eigenvalue weighted by Crippen LogP contribution is -2.41. The summed E-state index contributed by atoms with van der Waals surface area (Å²) in [5.74, 6) is 2.00. The van der Waals surface area contributed by atoms with Crippen molar-refractivity contribution >= 4 is 29.9 Å². The monoisotopic (exact) mass is 434 g/mol. The lowest BCUT2D eigenvalue weighted by Gasteiger charge is -2.29. The second-order valence-electron chi connectivity index (χ2n) is 7.94. The second-order valence-corrected chi connectivity index (χ2v) is 7.94. The molecule has 4 nitrogen and oxygen atoms in total. The summed E-state index contributed by atoms with van der Waals surface area (Å²) in [6, 6.07) is 0. The fraction of sp³-hybridized carbons (Fsp3) is 0.944. The van der Waals surface area contributed by atoms with E-state index in [-0.39, 0.29) is 24.0 Å². The summed E-state index contributed by atoms with van der Waals surface area (Å²) >= 11 is 0. The van der Waals surface area contributed by atoms with Gasteiger partial charge in [0.05, 0.1) is 0 Å². The Morgan fingerprint density at radius 3 is 2.57 bits per heavy atom. The van der Waals surface area contributed by atoms with E-state index in [4.69, 9.17) is 4.99 Å². The molecule has 3 rings (SSSR count). The van der Waals surface area contributed by atoms with Crippen LogP contribution in [0.25, 0.3) is 0 Å². The minimum Gasteiger partial charge on any atom is -0.357 e. The highest BCUT2D eigenvalue weighted by atomic mass is 127. The van der Waals surface area contributed by atoms with Crippen LogP contribution in [-0.4, -0.2) is 61.6 Å². The number of hydrogen-bond acceptors (Lipinski definition) is 2. The lowest BCUT2D eigenvalue weighted by molar-refractivity contribution is 0.198. The molecular formula is C18H35IN4. The average molecular weight is 434 g/mol. The number of aliphatic imine (C=N–C) groups is 1. The molecule has 0 amide bonds. The predicted molar refractivity (Wildman–Crippen MR) is 109 cm³/mol. The van der Waals surface area contributed by atoms with Gasteiger partial charge in [-0.3, -0.25) is 4.99 Å². The molecule has 134 valence electrons. The molecule has 0 aromatic heterocycles. The molecule has 1 atom stereocenters. The highest BCUT2D eigenvalue weighted by molar-refractivity contribution is 14.0. The van der Waals surface area contributed by atoms with Crippen LogP contribution in [0.4, 0.5) is 0 Å². The number of nitrogens with zero attached hydrogens (tertiary/aromatic N) is 3. The van der Waals surface area contributed by atoms with E-state index in [1.165, 1.54) is 71.2 Å². The van der Waals surface area contributed by atoms with E-state index in [0.29, 0.717) is 5.41 Å². The molecule has 23 heavy (non-hydrogen) atoms. The van der Waals surface area contributed by atoms with E-state index in [9.17, 15) is 0 Å². The van der Waals surface area contributed by atoms with E-state index in [0.717, 1.165) is 25.0 Å². The van der Waals surface area contributed by atoms with Gasteiger partial charge in [0.15, 0.2) is 5.96 Å². The van der Waals surface area contributed by atoms with Crippen molar-refractivity contribution in [3.05, 3.63) is 0 Å². The van der Waals surface area contributed by atoms with Gasteiger partial charge < -0.3 is 15.1 Å². The van der Waals surface area contributed by atoms with E-state index < -0.39 is 0 Å². The van der Waals surface area contributed by atoms with Crippen LogP contribution in [-0.2, 0) is 0 Å². The summed E-state index contributed by atoms with van der Waals surface area (Å²) in [6.45, 7) is 12.8. The summed E-state index contributed by atoms with van der Waals surface area (Å²) < 4.78 is 0. The zero-order valence-corrected chi connectivity index (χ0v) is 17.3. The molecule has 2 aliphatic heterocycles. The van der Waals surface area contributed by atoms with Crippen LogP contribution in [0.1, 0.15) is 52.4 Å². The number of halogens is 1. The summed E-state index contributed by atoms with van der Waals surface area (Å²) in [7, 11) is 0. The maximum Gasteiger partial charge on any atom is 0.193 e. The summed E-state index contributed by atoms with van der Waals surface area (Å²) in [5.41, 5.74) is 0.508. The summed E-state index contributed by atoms with van der Waals surface area (Å²) in [5, 5.41) is 3.51. The van der Waals surface area contributed by atoms with E-state index >= 15 is 0 Å². The van der Waals surface area contributed by atoms with Crippen molar-refractivity contribution in [3.8, 4) is 0 Å².